The van der Waals surface area contributed by atoms with Crippen LogP contribution in [0.25, 0.3) is 0 Å². The number of carbonyl (C=O) groups excluding carboxylic acids is 1. The third kappa shape index (κ3) is 8.09. The van der Waals surface area contributed by atoms with Crippen LogP contribution in [0.1, 0.15) is 53.4 Å². The summed E-state index contributed by atoms with van der Waals surface area (Å²) in [4.78, 5) is 11.1. The molecule has 1 atom stereocenters. The molecule has 14 heavy (non-hydrogen) atoms. The summed E-state index contributed by atoms with van der Waals surface area (Å²) in [5.74, 6) is 1.18. The van der Waals surface area contributed by atoms with Crippen LogP contribution in [0, 0.1) is 11.8 Å². The summed E-state index contributed by atoms with van der Waals surface area (Å²) in [5, 5.41) is 0. The molecule has 0 heterocycles. The first kappa shape index (κ1) is 13.5. The van der Waals surface area contributed by atoms with E-state index in [0.29, 0.717) is 18.9 Å². The molecular formula is C12H24O2. The van der Waals surface area contributed by atoms with Crippen molar-refractivity contribution < 1.29 is 9.53 Å². The van der Waals surface area contributed by atoms with Crippen LogP contribution in [-0.4, -0.2) is 12.6 Å². The minimum absolute atomic E-state index is 0.0513. The minimum atomic E-state index is -0.0513. The van der Waals surface area contributed by atoms with E-state index in [2.05, 4.69) is 20.8 Å². The van der Waals surface area contributed by atoms with Gasteiger partial charge < -0.3 is 4.74 Å². The van der Waals surface area contributed by atoms with Gasteiger partial charge in [-0.1, -0.05) is 40.0 Å². The van der Waals surface area contributed by atoms with E-state index in [4.69, 9.17) is 4.74 Å². The maximum absolute atomic E-state index is 11.1. The number of hydrogen-bond acceptors (Lipinski definition) is 2. The van der Waals surface area contributed by atoms with Gasteiger partial charge in [-0.15, -0.1) is 0 Å². The van der Waals surface area contributed by atoms with Crippen molar-refractivity contribution >= 4 is 5.97 Å². The predicted octanol–water partition coefficient (Wildman–Crippen LogP) is 3.40. The standard InChI is InChI=1S/C12H24O2/c1-5-14-12(13)9-11(4)8-6-7-10(2)3/h10-11H,5-9H2,1-4H3/t11-/m1/s1. The molecule has 0 aliphatic rings. The average molecular weight is 200 g/mol. The molecule has 0 saturated heterocycles. The molecule has 0 N–H and O–H groups in total. The molecule has 0 spiro atoms. The van der Waals surface area contributed by atoms with E-state index in [9.17, 15) is 4.79 Å². The van der Waals surface area contributed by atoms with Crippen molar-refractivity contribution in [2.75, 3.05) is 6.61 Å². The van der Waals surface area contributed by atoms with Crippen molar-refractivity contribution in [2.24, 2.45) is 11.8 Å². The molecule has 0 unspecified atom stereocenters. The summed E-state index contributed by atoms with van der Waals surface area (Å²) < 4.78 is 4.90. The van der Waals surface area contributed by atoms with Gasteiger partial charge in [0.1, 0.15) is 0 Å². The van der Waals surface area contributed by atoms with Gasteiger partial charge in [-0.25, -0.2) is 0 Å². The fraction of sp³-hybridized carbons (Fsp3) is 0.917. The first-order valence-corrected chi connectivity index (χ1v) is 5.71. The lowest BCUT2D eigenvalue weighted by Gasteiger charge is -2.11. The van der Waals surface area contributed by atoms with E-state index < -0.39 is 0 Å². The molecule has 84 valence electrons. The fourth-order valence-corrected chi connectivity index (χ4v) is 1.48. The maximum Gasteiger partial charge on any atom is 0.306 e. The quantitative estimate of drug-likeness (QED) is 0.589. The van der Waals surface area contributed by atoms with Gasteiger partial charge in [-0.2, -0.15) is 0 Å². The minimum Gasteiger partial charge on any atom is -0.466 e. The summed E-state index contributed by atoms with van der Waals surface area (Å²) in [6.45, 7) is 8.93. The van der Waals surface area contributed by atoms with E-state index in [1.54, 1.807) is 0 Å². The second kappa shape index (κ2) is 7.84. The largest absolute Gasteiger partial charge is 0.466 e. The Morgan fingerprint density at radius 2 is 1.86 bits per heavy atom. The van der Waals surface area contributed by atoms with Crippen LogP contribution in [0.2, 0.25) is 0 Å². The van der Waals surface area contributed by atoms with Gasteiger partial charge in [0, 0.05) is 6.42 Å². The Kier molecular flexibility index (Phi) is 7.54. The molecule has 0 aliphatic heterocycles. The van der Waals surface area contributed by atoms with Crippen molar-refractivity contribution in [3.05, 3.63) is 0 Å². The van der Waals surface area contributed by atoms with Gasteiger partial charge in [0.15, 0.2) is 0 Å². The number of carbonyl (C=O) groups is 1. The molecule has 0 aromatic carbocycles. The number of ether oxygens (including phenoxy) is 1. The molecular weight excluding hydrogens is 176 g/mol. The first-order chi connectivity index (χ1) is 6.56. The molecule has 0 saturated carbocycles. The average Bonchev–Trinajstić information content (AvgIpc) is 2.03. The van der Waals surface area contributed by atoms with Gasteiger partial charge in [-0.05, 0) is 18.8 Å². The highest BCUT2D eigenvalue weighted by atomic mass is 16.5. The first-order valence-electron chi connectivity index (χ1n) is 5.71. The van der Waals surface area contributed by atoms with Crippen LogP contribution in [0.15, 0.2) is 0 Å². The Morgan fingerprint density at radius 3 is 2.36 bits per heavy atom. The van der Waals surface area contributed by atoms with E-state index in [-0.39, 0.29) is 5.97 Å². The molecule has 2 nitrogen and oxygen atoms in total. The van der Waals surface area contributed by atoms with Gasteiger partial charge in [0.25, 0.3) is 0 Å². The molecule has 0 amide bonds. The van der Waals surface area contributed by atoms with Crippen molar-refractivity contribution in [2.45, 2.75) is 53.4 Å². The third-order valence-electron chi connectivity index (χ3n) is 2.30. The third-order valence-corrected chi connectivity index (χ3v) is 2.30. The summed E-state index contributed by atoms with van der Waals surface area (Å²) in [5.41, 5.74) is 0. The highest BCUT2D eigenvalue weighted by Gasteiger charge is 2.09. The zero-order chi connectivity index (χ0) is 11.0. The molecule has 0 rings (SSSR count). The van der Waals surface area contributed by atoms with E-state index in [0.717, 1.165) is 12.3 Å². The number of hydrogen-bond donors (Lipinski definition) is 0. The molecule has 0 fully saturated rings. The summed E-state index contributed by atoms with van der Waals surface area (Å²) >= 11 is 0. The van der Waals surface area contributed by atoms with Crippen LogP contribution >= 0.6 is 0 Å². The Bertz CT molecular complexity index is 152. The Balaban J connectivity index is 3.44. The predicted molar refractivity (Wildman–Crippen MR) is 59.1 cm³/mol. The lowest BCUT2D eigenvalue weighted by Crippen LogP contribution is -2.09. The normalized spacial score (nSPS) is 12.9. The summed E-state index contributed by atoms with van der Waals surface area (Å²) in [6, 6.07) is 0. The Hall–Kier alpha value is -0.530. The van der Waals surface area contributed by atoms with Crippen LogP contribution in [0.4, 0.5) is 0 Å². The molecule has 0 aromatic rings. The second-order valence-electron chi connectivity index (χ2n) is 4.44. The second-order valence-corrected chi connectivity index (χ2v) is 4.44. The van der Waals surface area contributed by atoms with Crippen LogP contribution < -0.4 is 0 Å². The van der Waals surface area contributed by atoms with Gasteiger partial charge in [-0.3, -0.25) is 4.79 Å². The van der Waals surface area contributed by atoms with Crippen LogP contribution in [0.3, 0.4) is 0 Å². The van der Waals surface area contributed by atoms with E-state index in [1.165, 1.54) is 12.8 Å². The smallest absolute Gasteiger partial charge is 0.306 e. The van der Waals surface area contributed by atoms with Crippen molar-refractivity contribution in [3.63, 3.8) is 0 Å². The lowest BCUT2D eigenvalue weighted by molar-refractivity contribution is -0.144. The molecule has 0 bridgehead atoms. The Morgan fingerprint density at radius 1 is 1.21 bits per heavy atom. The Labute approximate surface area is 88.0 Å². The zero-order valence-corrected chi connectivity index (χ0v) is 10.0. The lowest BCUT2D eigenvalue weighted by atomic mass is 9.97. The SMILES string of the molecule is CCOC(=O)C[C@H](C)CCCC(C)C. The molecule has 0 aliphatic carbocycles. The van der Waals surface area contributed by atoms with Crippen molar-refractivity contribution in [1.29, 1.82) is 0 Å². The molecule has 0 radical (unpaired) electrons. The number of rotatable bonds is 7. The summed E-state index contributed by atoms with van der Waals surface area (Å²) in [6.07, 6.45) is 4.19. The highest BCUT2D eigenvalue weighted by molar-refractivity contribution is 5.69. The topological polar surface area (TPSA) is 26.3 Å². The number of esters is 1. The van der Waals surface area contributed by atoms with E-state index >= 15 is 0 Å². The highest BCUT2D eigenvalue weighted by Crippen LogP contribution is 2.15. The summed E-state index contributed by atoms with van der Waals surface area (Å²) in [7, 11) is 0. The monoisotopic (exact) mass is 200 g/mol. The van der Waals surface area contributed by atoms with Gasteiger partial charge in [0.2, 0.25) is 0 Å². The molecule has 2 heteroatoms. The van der Waals surface area contributed by atoms with Crippen molar-refractivity contribution in [1.82, 2.24) is 0 Å². The van der Waals surface area contributed by atoms with E-state index in [1.807, 2.05) is 6.92 Å². The van der Waals surface area contributed by atoms with Crippen LogP contribution in [-0.2, 0) is 9.53 Å². The maximum atomic E-state index is 11.1. The van der Waals surface area contributed by atoms with Crippen LogP contribution in [0.5, 0.6) is 0 Å². The van der Waals surface area contributed by atoms with Gasteiger partial charge >= 0.3 is 5.97 Å². The van der Waals surface area contributed by atoms with Gasteiger partial charge in [0.05, 0.1) is 6.61 Å². The zero-order valence-electron chi connectivity index (χ0n) is 10.0. The fourth-order valence-electron chi connectivity index (χ4n) is 1.48. The van der Waals surface area contributed by atoms with Crippen molar-refractivity contribution in [3.8, 4) is 0 Å². The molecule has 0 aromatic heterocycles.